The Balaban J connectivity index is 1.48. The fourth-order valence-corrected chi connectivity index (χ4v) is 5.45. The summed E-state index contributed by atoms with van der Waals surface area (Å²) < 4.78 is 12.7. The lowest BCUT2D eigenvalue weighted by atomic mass is 9.89. The van der Waals surface area contributed by atoms with Gasteiger partial charge in [0.25, 0.3) is 5.56 Å². The molecule has 8 nitrogen and oxygen atoms in total. The van der Waals surface area contributed by atoms with Crippen molar-refractivity contribution in [3.8, 4) is 11.3 Å². The van der Waals surface area contributed by atoms with Gasteiger partial charge in [0.1, 0.15) is 11.3 Å². The Kier molecular flexibility index (Phi) is 6.94. The summed E-state index contributed by atoms with van der Waals surface area (Å²) in [6, 6.07) is 3.91. The smallest absolute Gasteiger partial charge is 0.294 e. The number of hydrogen-bond donors (Lipinski definition) is 1. The lowest BCUT2D eigenvalue weighted by Crippen LogP contribution is -2.30. The van der Waals surface area contributed by atoms with E-state index in [1.165, 1.54) is 19.3 Å². The first-order chi connectivity index (χ1) is 16.6. The zero-order chi connectivity index (χ0) is 23.5. The molecule has 182 valence electrons. The van der Waals surface area contributed by atoms with Gasteiger partial charge in [-0.15, -0.1) is 0 Å². The van der Waals surface area contributed by atoms with Crippen LogP contribution in [-0.4, -0.2) is 39.5 Å². The second-order valence-corrected chi connectivity index (χ2v) is 9.89. The van der Waals surface area contributed by atoms with E-state index in [-0.39, 0.29) is 5.56 Å². The lowest BCUT2D eigenvalue weighted by molar-refractivity contribution is 0.0649. The Morgan fingerprint density at radius 3 is 2.56 bits per heavy atom. The van der Waals surface area contributed by atoms with E-state index in [0.717, 1.165) is 80.1 Å². The molecule has 0 radical (unpaired) electrons. The number of fused-ring (bicyclic) bond motifs is 1. The largest absolute Gasteiger partial charge is 0.381 e. The summed E-state index contributed by atoms with van der Waals surface area (Å²) in [6.07, 6.45) is 9.27. The maximum atomic E-state index is 13.6. The third-order valence-electron chi connectivity index (χ3n) is 7.43. The standard InChI is InChI=1S/C26H35N5O3/c1-17-23(18(2)34-30-17)21-8-9-22-25(29-21)31(16-20-6-4-3-5-7-20)26(32)24(28-22)27-13-10-19-11-14-33-15-12-19/h8-9,19-20H,3-7,10-16H2,1-2H3,(H,27,28). The number of ether oxygens (including phenoxy) is 1. The highest BCUT2D eigenvalue weighted by atomic mass is 16.5. The molecule has 0 atom stereocenters. The number of aryl methyl sites for hydroxylation is 2. The Bertz CT molecular complexity index is 1170. The number of hydrogen-bond acceptors (Lipinski definition) is 7. The van der Waals surface area contributed by atoms with Crippen LogP contribution >= 0.6 is 0 Å². The Morgan fingerprint density at radius 1 is 1.03 bits per heavy atom. The fraction of sp³-hybridized carbons (Fsp3) is 0.615. The van der Waals surface area contributed by atoms with Crippen molar-refractivity contribution in [3.63, 3.8) is 0 Å². The van der Waals surface area contributed by atoms with Crippen LogP contribution in [-0.2, 0) is 11.3 Å². The van der Waals surface area contributed by atoms with Crippen LogP contribution in [0.5, 0.6) is 0 Å². The van der Waals surface area contributed by atoms with Gasteiger partial charge in [0.2, 0.25) is 0 Å². The van der Waals surface area contributed by atoms with E-state index in [2.05, 4.69) is 10.5 Å². The van der Waals surface area contributed by atoms with E-state index < -0.39 is 0 Å². The minimum absolute atomic E-state index is 0.0755. The maximum absolute atomic E-state index is 13.6. The molecule has 1 N–H and O–H groups in total. The van der Waals surface area contributed by atoms with Crippen LogP contribution in [0.3, 0.4) is 0 Å². The monoisotopic (exact) mass is 465 g/mol. The summed E-state index contributed by atoms with van der Waals surface area (Å²) in [5.41, 5.74) is 3.75. The lowest BCUT2D eigenvalue weighted by Gasteiger charge is -2.24. The zero-order valence-electron chi connectivity index (χ0n) is 20.3. The predicted octanol–water partition coefficient (Wildman–Crippen LogP) is 4.87. The molecule has 8 heteroatoms. The minimum atomic E-state index is -0.0755. The van der Waals surface area contributed by atoms with Crippen LogP contribution in [0.25, 0.3) is 22.4 Å². The van der Waals surface area contributed by atoms with E-state index in [4.69, 9.17) is 19.2 Å². The summed E-state index contributed by atoms with van der Waals surface area (Å²) in [6.45, 7) is 6.91. The molecule has 4 heterocycles. The molecule has 2 fully saturated rings. The van der Waals surface area contributed by atoms with E-state index >= 15 is 0 Å². The van der Waals surface area contributed by atoms with E-state index in [1.54, 1.807) is 0 Å². The summed E-state index contributed by atoms with van der Waals surface area (Å²) in [4.78, 5) is 23.2. The van der Waals surface area contributed by atoms with Crippen molar-refractivity contribution in [2.24, 2.45) is 11.8 Å². The molecule has 1 aliphatic heterocycles. The molecule has 34 heavy (non-hydrogen) atoms. The van der Waals surface area contributed by atoms with Crippen molar-refractivity contribution in [2.45, 2.75) is 71.8 Å². The third kappa shape index (κ3) is 4.87. The number of nitrogens with zero attached hydrogens (tertiary/aromatic N) is 4. The molecule has 0 unspecified atom stereocenters. The summed E-state index contributed by atoms with van der Waals surface area (Å²) in [5.74, 6) is 2.30. The first-order valence-electron chi connectivity index (χ1n) is 12.8. The molecule has 1 saturated carbocycles. The highest BCUT2D eigenvalue weighted by Gasteiger charge is 2.21. The average molecular weight is 466 g/mol. The van der Waals surface area contributed by atoms with Crippen molar-refractivity contribution in [1.29, 1.82) is 0 Å². The highest BCUT2D eigenvalue weighted by molar-refractivity contribution is 5.77. The predicted molar refractivity (Wildman–Crippen MR) is 132 cm³/mol. The molecule has 5 rings (SSSR count). The third-order valence-corrected chi connectivity index (χ3v) is 7.43. The molecule has 0 amide bonds. The molecule has 1 aliphatic carbocycles. The quantitative estimate of drug-likeness (QED) is 0.532. The van der Waals surface area contributed by atoms with Gasteiger partial charge in [-0.25, -0.2) is 9.97 Å². The molecule has 3 aromatic heterocycles. The first kappa shape index (κ1) is 23.0. The van der Waals surface area contributed by atoms with Crippen LogP contribution < -0.4 is 10.9 Å². The SMILES string of the molecule is Cc1noc(C)c1-c1ccc2nc(NCCC3CCOCC3)c(=O)n(CC3CCCCC3)c2n1. The van der Waals surface area contributed by atoms with E-state index in [9.17, 15) is 4.79 Å². The van der Waals surface area contributed by atoms with E-state index in [0.29, 0.717) is 29.8 Å². The maximum Gasteiger partial charge on any atom is 0.294 e. The molecule has 1 saturated heterocycles. The number of anilines is 1. The number of rotatable bonds is 7. The summed E-state index contributed by atoms with van der Waals surface area (Å²) in [5, 5.41) is 7.43. The Labute approximate surface area is 200 Å². The van der Waals surface area contributed by atoms with Gasteiger partial charge in [0, 0.05) is 26.3 Å². The molecular formula is C26H35N5O3. The summed E-state index contributed by atoms with van der Waals surface area (Å²) >= 11 is 0. The van der Waals surface area contributed by atoms with Gasteiger partial charge < -0.3 is 14.6 Å². The Hall–Kier alpha value is -2.74. The second kappa shape index (κ2) is 10.3. The van der Waals surface area contributed by atoms with Gasteiger partial charge in [-0.1, -0.05) is 24.4 Å². The fourth-order valence-electron chi connectivity index (χ4n) is 5.45. The molecule has 0 spiro atoms. The molecule has 3 aromatic rings. The van der Waals surface area contributed by atoms with Crippen molar-refractivity contribution in [1.82, 2.24) is 19.7 Å². The normalized spacial score (nSPS) is 17.9. The second-order valence-electron chi connectivity index (χ2n) is 9.89. The molecule has 0 bridgehead atoms. The van der Waals surface area contributed by atoms with Crippen molar-refractivity contribution < 1.29 is 9.26 Å². The van der Waals surface area contributed by atoms with Crippen molar-refractivity contribution in [2.75, 3.05) is 25.1 Å². The van der Waals surface area contributed by atoms with Crippen LogP contribution in [0, 0.1) is 25.7 Å². The van der Waals surface area contributed by atoms with Gasteiger partial charge in [-0.2, -0.15) is 0 Å². The number of pyridine rings is 1. The van der Waals surface area contributed by atoms with Gasteiger partial charge in [0.15, 0.2) is 11.5 Å². The molecular weight excluding hydrogens is 430 g/mol. The number of aromatic nitrogens is 4. The van der Waals surface area contributed by atoms with Crippen LogP contribution in [0.4, 0.5) is 5.82 Å². The summed E-state index contributed by atoms with van der Waals surface area (Å²) in [7, 11) is 0. The van der Waals surface area contributed by atoms with Gasteiger partial charge in [-0.3, -0.25) is 9.36 Å². The topological polar surface area (TPSA) is 95.1 Å². The van der Waals surface area contributed by atoms with Gasteiger partial charge in [0.05, 0.1) is 17.0 Å². The van der Waals surface area contributed by atoms with Crippen LogP contribution in [0.2, 0.25) is 0 Å². The van der Waals surface area contributed by atoms with E-state index in [1.807, 2.05) is 30.5 Å². The highest BCUT2D eigenvalue weighted by Crippen LogP contribution is 2.29. The minimum Gasteiger partial charge on any atom is -0.381 e. The molecule has 2 aliphatic rings. The van der Waals surface area contributed by atoms with Crippen molar-refractivity contribution in [3.05, 3.63) is 33.9 Å². The van der Waals surface area contributed by atoms with Crippen LogP contribution in [0.15, 0.2) is 21.5 Å². The van der Waals surface area contributed by atoms with Gasteiger partial charge >= 0.3 is 0 Å². The Morgan fingerprint density at radius 2 is 1.82 bits per heavy atom. The zero-order valence-corrected chi connectivity index (χ0v) is 20.3. The molecule has 0 aromatic carbocycles. The van der Waals surface area contributed by atoms with Crippen molar-refractivity contribution >= 4 is 17.0 Å². The number of nitrogens with one attached hydrogen (secondary N) is 1. The van der Waals surface area contributed by atoms with Gasteiger partial charge in [-0.05, 0) is 69.9 Å². The van der Waals surface area contributed by atoms with Crippen LogP contribution in [0.1, 0.15) is 62.8 Å². The first-order valence-corrected chi connectivity index (χ1v) is 12.8. The average Bonchev–Trinajstić information content (AvgIpc) is 3.20.